The largest absolute Gasteiger partial charge is 0.446 e. The van der Waals surface area contributed by atoms with E-state index in [0.717, 1.165) is 5.56 Å². The number of oxazole rings is 1. The molecule has 230 valence electrons. The van der Waals surface area contributed by atoms with E-state index in [4.69, 9.17) is 8.94 Å². The lowest BCUT2D eigenvalue weighted by Crippen LogP contribution is -2.46. The van der Waals surface area contributed by atoms with Crippen molar-refractivity contribution in [1.82, 2.24) is 36.0 Å². The number of aryl methyl sites for hydroxylation is 1. The van der Waals surface area contributed by atoms with Gasteiger partial charge in [-0.3, -0.25) is 19.2 Å². The highest BCUT2D eigenvalue weighted by atomic mass is 32.1. The van der Waals surface area contributed by atoms with Crippen LogP contribution in [-0.4, -0.2) is 63.3 Å². The Hall–Kier alpha value is -4.85. The van der Waals surface area contributed by atoms with Crippen LogP contribution < -0.4 is 16.0 Å². The highest BCUT2D eigenvalue weighted by Gasteiger charge is 2.28. The van der Waals surface area contributed by atoms with Crippen LogP contribution in [0, 0.1) is 12.8 Å². The Morgan fingerprint density at radius 1 is 1.09 bits per heavy atom. The van der Waals surface area contributed by atoms with Crippen molar-refractivity contribution in [3.05, 3.63) is 87.3 Å². The zero-order valence-electron chi connectivity index (χ0n) is 24.5. The first kappa shape index (κ1) is 30.6. The molecular weight excluding hydrogens is 586 g/mol. The highest BCUT2D eigenvalue weighted by molar-refractivity contribution is 7.09. The number of benzene rings is 1. The minimum atomic E-state index is -0.691. The molecule has 0 aliphatic carbocycles. The van der Waals surface area contributed by atoms with Crippen molar-refractivity contribution in [2.75, 3.05) is 19.6 Å². The Morgan fingerprint density at radius 2 is 1.89 bits per heavy atom. The van der Waals surface area contributed by atoms with Gasteiger partial charge in [0.15, 0.2) is 5.69 Å². The highest BCUT2D eigenvalue weighted by Crippen LogP contribution is 2.26. The van der Waals surface area contributed by atoms with Crippen LogP contribution in [0.2, 0.25) is 0 Å². The zero-order chi connectivity index (χ0) is 31.2. The summed E-state index contributed by atoms with van der Waals surface area (Å²) in [4.78, 5) is 63.1. The molecule has 0 saturated carbocycles. The molecule has 3 N–H and O–H groups in total. The van der Waals surface area contributed by atoms with Gasteiger partial charge in [0.2, 0.25) is 17.7 Å². The van der Waals surface area contributed by atoms with Gasteiger partial charge >= 0.3 is 0 Å². The molecule has 4 heterocycles. The number of hydrogen-bond acceptors (Lipinski definition) is 10. The molecule has 1 aliphatic rings. The third-order valence-electron chi connectivity index (χ3n) is 7.00. The standard InChI is InChI=1S/C30H33N7O6S/c1-17(2)26-30-34-23(16-44-30)28(41)32-21(12-19-7-5-4-6-8-19)29-33-22(15-42-29)27(40)31-9-10-37(14-24(38)35-26)25(39)13-20-11-18(3)36-43-20/h4-8,11,15-17,21,26H,9-10,12-14H2,1-3H3,(H,31,40)(H,32,41)(H,35,38)/t21-,26-/m0/s1. The van der Waals surface area contributed by atoms with Gasteiger partial charge in [0, 0.05) is 31.0 Å². The smallest absolute Gasteiger partial charge is 0.273 e. The van der Waals surface area contributed by atoms with Crippen molar-refractivity contribution in [1.29, 1.82) is 0 Å². The number of hydrogen-bond donors (Lipinski definition) is 3. The molecule has 2 atom stereocenters. The first-order valence-electron chi connectivity index (χ1n) is 14.2. The van der Waals surface area contributed by atoms with E-state index >= 15 is 0 Å². The summed E-state index contributed by atoms with van der Waals surface area (Å²) in [5, 5.41) is 14.6. The summed E-state index contributed by atoms with van der Waals surface area (Å²) in [5.41, 5.74) is 1.74. The van der Waals surface area contributed by atoms with Gasteiger partial charge in [-0.05, 0) is 18.4 Å². The summed E-state index contributed by atoms with van der Waals surface area (Å²) in [6.45, 7) is 5.44. The molecule has 0 fully saturated rings. The van der Waals surface area contributed by atoms with E-state index in [1.54, 1.807) is 18.4 Å². The summed E-state index contributed by atoms with van der Waals surface area (Å²) < 4.78 is 10.9. The van der Waals surface area contributed by atoms with Gasteiger partial charge < -0.3 is 29.8 Å². The Morgan fingerprint density at radius 3 is 2.61 bits per heavy atom. The molecule has 44 heavy (non-hydrogen) atoms. The number of rotatable bonds is 5. The summed E-state index contributed by atoms with van der Waals surface area (Å²) in [7, 11) is 0. The van der Waals surface area contributed by atoms with Crippen molar-refractivity contribution in [3.8, 4) is 0 Å². The quantitative estimate of drug-likeness (QED) is 0.304. The summed E-state index contributed by atoms with van der Waals surface area (Å²) in [6, 6.07) is 9.97. The topological polar surface area (TPSA) is 173 Å². The molecule has 1 aliphatic heterocycles. The summed E-state index contributed by atoms with van der Waals surface area (Å²) in [5.74, 6) is -1.31. The number of amides is 4. The molecule has 13 nitrogen and oxygen atoms in total. The molecule has 3 aromatic heterocycles. The summed E-state index contributed by atoms with van der Waals surface area (Å²) in [6.07, 6.45) is 1.48. The van der Waals surface area contributed by atoms with Crippen LogP contribution in [0.4, 0.5) is 0 Å². The van der Waals surface area contributed by atoms with Crippen molar-refractivity contribution >= 4 is 35.0 Å². The number of nitrogens with zero attached hydrogens (tertiary/aromatic N) is 4. The normalized spacial score (nSPS) is 18.3. The molecule has 0 unspecified atom stereocenters. The van der Waals surface area contributed by atoms with E-state index in [2.05, 4.69) is 31.1 Å². The van der Waals surface area contributed by atoms with Gasteiger partial charge in [0.25, 0.3) is 11.8 Å². The third-order valence-corrected chi connectivity index (χ3v) is 7.93. The number of carbonyl (C=O) groups excluding carboxylic acids is 4. The van der Waals surface area contributed by atoms with Crippen LogP contribution in [0.3, 0.4) is 0 Å². The van der Waals surface area contributed by atoms with Crippen LogP contribution in [0.1, 0.15) is 74.8 Å². The summed E-state index contributed by atoms with van der Waals surface area (Å²) >= 11 is 1.26. The third kappa shape index (κ3) is 7.56. The lowest BCUT2D eigenvalue weighted by Gasteiger charge is -2.25. The second-order valence-electron chi connectivity index (χ2n) is 10.8. The average Bonchev–Trinajstić information content (AvgIpc) is 3.76. The van der Waals surface area contributed by atoms with E-state index < -0.39 is 29.8 Å². The van der Waals surface area contributed by atoms with Gasteiger partial charge in [-0.1, -0.05) is 49.3 Å². The van der Waals surface area contributed by atoms with E-state index in [1.165, 1.54) is 22.5 Å². The Kier molecular flexibility index (Phi) is 9.48. The maximum atomic E-state index is 13.4. The van der Waals surface area contributed by atoms with Gasteiger partial charge in [0.1, 0.15) is 28.8 Å². The molecular formula is C30H33N7O6S. The minimum Gasteiger partial charge on any atom is -0.446 e. The number of nitrogens with one attached hydrogen (secondary N) is 3. The molecule has 0 saturated heterocycles. The van der Waals surface area contributed by atoms with Crippen LogP contribution >= 0.6 is 11.3 Å². The fourth-order valence-electron chi connectivity index (χ4n) is 4.72. The van der Waals surface area contributed by atoms with Crippen LogP contribution in [0.5, 0.6) is 0 Å². The van der Waals surface area contributed by atoms with E-state index in [0.29, 0.717) is 22.9 Å². The number of aromatic nitrogens is 3. The molecule has 1 aromatic carbocycles. The fraction of sp³-hybridized carbons (Fsp3) is 0.367. The first-order chi connectivity index (χ1) is 21.2. The molecule has 0 radical (unpaired) electrons. The first-order valence-corrected chi connectivity index (χ1v) is 15.1. The zero-order valence-corrected chi connectivity index (χ0v) is 25.3. The predicted molar refractivity (Wildman–Crippen MR) is 159 cm³/mol. The van der Waals surface area contributed by atoms with E-state index in [9.17, 15) is 19.2 Å². The van der Waals surface area contributed by atoms with Crippen molar-refractivity contribution < 1.29 is 28.1 Å². The number of fused-ring (bicyclic) bond motifs is 4. The van der Waals surface area contributed by atoms with Gasteiger partial charge in [-0.2, -0.15) is 0 Å². The minimum absolute atomic E-state index is 0.0110. The fourth-order valence-corrected chi connectivity index (χ4v) is 5.74. The maximum Gasteiger partial charge on any atom is 0.273 e. The van der Waals surface area contributed by atoms with Gasteiger partial charge in [-0.25, -0.2) is 9.97 Å². The molecule has 4 aromatic rings. The number of carbonyl (C=O) groups is 4. The molecule has 4 amide bonds. The van der Waals surface area contributed by atoms with Gasteiger partial charge in [0.05, 0.1) is 24.7 Å². The van der Waals surface area contributed by atoms with Crippen molar-refractivity contribution in [2.24, 2.45) is 5.92 Å². The Labute approximate surface area is 257 Å². The monoisotopic (exact) mass is 619 g/mol. The predicted octanol–water partition coefficient (Wildman–Crippen LogP) is 2.77. The molecule has 5 rings (SSSR count). The van der Waals surface area contributed by atoms with Crippen molar-refractivity contribution in [2.45, 2.75) is 45.7 Å². The van der Waals surface area contributed by atoms with Gasteiger partial charge in [-0.15, -0.1) is 11.3 Å². The maximum absolute atomic E-state index is 13.4. The Bertz CT molecular complexity index is 1630. The lowest BCUT2D eigenvalue weighted by molar-refractivity contribution is -0.136. The molecule has 0 spiro atoms. The molecule has 4 bridgehead atoms. The molecule has 14 heteroatoms. The Balaban J connectivity index is 1.44. The SMILES string of the molecule is Cc1cc(CC(=O)N2CCNC(=O)c3coc(n3)[C@H](Cc3ccccc3)NC(=O)c3csc(n3)[C@H](C(C)C)NC(=O)C2)on1. The second-order valence-corrected chi connectivity index (χ2v) is 11.7. The lowest BCUT2D eigenvalue weighted by atomic mass is 10.0. The van der Waals surface area contributed by atoms with Crippen LogP contribution in [0.15, 0.2) is 57.0 Å². The average molecular weight is 620 g/mol. The van der Waals surface area contributed by atoms with Crippen LogP contribution in [-0.2, 0) is 22.4 Å². The van der Waals surface area contributed by atoms with E-state index in [-0.39, 0.29) is 55.2 Å². The van der Waals surface area contributed by atoms with E-state index in [1.807, 2.05) is 44.2 Å². The second kappa shape index (κ2) is 13.6. The van der Waals surface area contributed by atoms with Crippen molar-refractivity contribution in [3.63, 3.8) is 0 Å². The number of thiazole rings is 1. The van der Waals surface area contributed by atoms with Crippen LogP contribution in [0.25, 0.3) is 0 Å².